The van der Waals surface area contributed by atoms with Gasteiger partial charge in [-0.25, -0.2) is 9.78 Å². The van der Waals surface area contributed by atoms with Crippen LogP contribution in [0.25, 0.3) is 0 Å². The first-order chi connectivity index (χ1) is 9.40. The zero-order valence-electron chi connectivity index (χ0n) is 10.7. The van der Waals surface area contributed by atoms with E-state index >= 15 is 0 Å². The number of aromatic carboxylic acids is 1. The zero-order chi connectivity index (χ0) is 14.9. The minimum absolute atomic E-state index is 0.112. The molecule has 1 aromatic heterocycles. The number of carboxylic acids is 1. The number of hydrogen-bond acceptors (Lipinski definition) is 5. The Hall–Kier alpha value is -2.35. The Morgan fingerprint density at radius 1 is 1.50 bits per heavy atom. The molecular weight excluding hydrogens is 282 g/mol. The second kappa shape index (κ2) is 5.33. The minimum Gasteiger partial charge on any atom is -0.478 e. The van der Waals surface area contributed by atoms with Crippen LogP contribution in [0.15, 0.2) is 34.6 Å². The zero-order valence-corrected chi connectivity index (χ0v) is 11.5. The van der Waals surface area contributed by atoms with E-state index in [0.29, 0.717) is 15.6 Å². The van der Waals surface area contributed by atoms with Crippen molar-refractivity contribution in [3.05, 3.63) is 45.8 Å². The molecule has 20 heavy (non-hydrogen) atoms. The van der Waals surface area contributed by atoms with Crippen molar-refractivity contribution in [1.29, 1.82) is 0 Å². The van der Waals surface area contributed by atoms with Gasteiger partial charge in [0.05, 0.1) is 10.5 Å². The number of hydrogen-bond donors (Lipinski definition) is 1. The molecule has 0 radical (unpaired) electrons. The maximum absolute atomic E-state index is 11.1. The number of carboxylic acid groups (broad SMARTS) is 1. The molecular formula is C12H11N3O4S. The maximum atomic E-state index is 11.1. The molecule has 0 bridgehead atoms. The Balaban J connectivity index is 2.54. The number of benzene rings is 1. The van der Waals surface area contributed by atoms with Gasteiger partial charge in [0, 0.05) is 36.0 Å². The lowest BCUT2D eigenvalue weighted by atomic mass is 10.1. The van der Waals surface area contributed by atoms with E-state index in [2.05, 4.69) is 4.98 Å². The molecule has 0 unspecified atom stereocenters. The quantitative estimate of drug-likeness (QED) is 0.687. The number of carbonyl (C=O) groups is 1. The first kappa shape index (κ1) is 14.1. The summed E-state index contributed by atoms with van der Waals surface area (Å²) in [5, 5.41) is 20.7. The lowest BCUT2D eigenvalue weighted by Crippen LogP contribution is -2.02. The van der Waals surface area contributed by atoms with Gasteiger partial charge in [-0.1, -0.05) is 11.8 Å². The van der Waals surface area contributed by atoms with Crippen molar-refractivity contribution in [3.63, 3.8) is 0 Å². The highest BCUT2D eigenvalue weighted by atomic mass is 32.2. The smallest absolute Gasteiger partial charge is 0.335 e. The summed E-state index contributed by atoms with van der Waals surface area (Å²) in [6.45, 7) is 1.59. The predicted octanol–water partition coefficient (Wildman–Crippen LogP) is 2.49. The molecule has 1 N–H and O–H groups in total. The Kier molecular flexibility index (Phi) is 3.75. The summed E-state index contributed by atoms with van der Waals surface area (Å²) >= 11 is 1.19. The third-order valence-electron chi connectivity index (χ3n) is 2.75. The van der Waals surface area contributed by atoms with Crippen LogP contribution < -0.4 is 0 Å². The fourth-order valence-corrected chi connectivity index (χ4v) is 2.60. The summed E-state index contributed by atoms with van der Waals surface area (Å²) in [6.07, 6.45) is 3.35. The van der Waals surface area contributed by atoms with Gasteiger partial charge in [0.2, 0.25) is 0 Å². The summed E-state index contributed by atoms with van der Waals surface area (Å²) in [4.78, 5) is 26.1. The summed E-state index contributed by atoms with van der Waals surface area (Å²) in [7, 11) is 1.79. The molecule has 0 aliphatic heterocycles. The van der Waals surface area contributed by atoms with Crippen LogP contribution in [-0.2, 0) is 7.05 Å². The van der Waals surface area contributed by atoms with Crippen molar-refractivity contribution in [2.75, 3.05) is 0 Å². The molecule has 0 atom stereocenters. The number of imidazole rings is 1. The molecule has 0 fully saturated rings. The second-order valence-electron chi connectivity index (χ2n) is 4.10. The number of rotatable bonds is 4. The molecule has 0 amide bonds. The van der Waals surface area contributed by atoms with Crippen LogP contribution in [0.2, 0.25) is 0 Å². The largest absolute Gasteiger partial charge is 0.478 e. The minimum atomic E-state index is -1.20. The number of nitro benzene ring substituents is 1. The third kappa shape index (κ3) is 2.64. The topological polar surface area (TPSA) is 98.3 Å². The van der Waals surface area contributed by atoms with E-state index < -0.39 is 10.9 Å². The average Bonchev–Trinajstić information content (AvgIpc) is 2.76. The molecule has 1 aromatic carbocycles. The van der Waals surface area contributed by atoms with Gasteiger partial charge < -0.3 is 9.67 Å². The van der Waals surface area contributed by atoms with Crippen LogP contribution in [0.5, 0.6) is 0 Å². The van der Waals surface area contributed by atoms with Crippen LogP contribution in [0.4, 0.5) is 5.69 Å². The molecule has 7 nitrogen and oxygen atoms in total. The fraction of sp³-hybridized carbons (Fsp3) is 0.167. The number of nitro groups is 1. The van der Waals surface area contributed by atoms with E-state index in [1.807, 2.05) is 0 Å². The molecule has 8 heteroatoms. The maximum Gasteiger partial charge on any atom is 0.335 e. The Labute approximate surface area is 118 Å². The van der Waals surface area contributed by atoms with E-state index in [4.69, 9.17) is 5.11 Å². The van der Waals surface area contributed by atoms with Crippen molar-refractivity contribution in [1.82, 2.24) is 9.55 Å². The standard InChI is InChI=1S/C12H11N3O4S/c1-7-9(15(18)19)5-8(11(16)17)6-10(7)20-12-13-3-4-14(12)2/h3-6H,1-2H3,(H,16,17). The van der Waals surface area contributed by atoms with Gasteiger partial charge in [0.15, 0.2) is 5.16 Å². The molecule has 2 aromatic rings. The first-order valence-corrected chi connectivity index (χ1v) is 6.39. The van der Waals surface area contributed by atoms with Gasteiger partial charge in [-0.3, -0.25) is 10.1 Å². The van der Waals surface area contributed by atoms with Gasteiger partial charge in [0.25, 0.3) is 5.69 Å². The molecule has 0 aliphatic carbocycles. The lowest BCUT2D eigenvalue weighted by molar-refractivity contribution is -0.385. The van der Waals surface area contributed by atoms with Gasteiger partial charge in [-0.05, 0) is 13.0 Å². The SMILES string of the molecule is Cc1c(Sc2nccn2C)cc(C(=O)O)cc1[N+](=O)[O-]. The summed E-state index contributed by atoms with van der Waals surface area (Å²) < 4.78 is 1.75. The van der Waals surface area contributed by atoms with Crippen molar-refractivity contribution < 1.29 is 14.8 Å². The highest BCUT2D eigenvalue weighted by molar-refractivity contribution is 7.99. The Morgan fingerprint density at radius 3 is 2.70 bits per heavy atom. The third-order valence-corrected chi connectivity index (χ3v) is 3.97. The number of aryl methyl sites for hydroxylation is 1. The monoisotopic (exact) mass is 293 g/mol. The summed E-state index contributed by atoms with van der Waals surface area (Å²) in [5.41, 5.74) is 0.105. The molecule has 104 valence electrons. The van der Waals surface area contributed by atoms with Crippen molar-refractivity contribution in [2.24, 2.45) is 7.05 Å². The highest BCUT2D eigenvalue weighted by Crippen LogP contribution is 2.34. The first-order valence-electron chi connectivity index (χ1n) is 5.57. The van der Waals surface area contributed by atoms with E-state index in [-0.39, 0.29) is 11.3 Å². The van der Waals surface area contributed by atoms with Crippen LogP contribution in [0, 0.1) is 17.0 Å². The van der Waals surface area contributed by atoms with Gasteiger partial charge in [-0.2, -0.15) is 0 Å². The van der Waals surface area contributed by atoms with E-state index in [1.54, 1.807) is 30.9 Å². The van der Waals surface area contributed by atoms with Gasteiger partial charge in [0.1, 0.15) is 0 Å². The summed E-state index contributed by atoms with van der Waals surface area (Å²) in [6, 6.07) is 2.49. The molecule has 0 aliphatic rings. The Bertz CT molecular complexity index is 696. The van der Waals surface area contributed by atoms with Crippen molar-refractivity contribution >= 4 is 23.4 Å². The van der Waals surface area contributed by atoms with Gasteiger partial charge in [-0.15, -0.1) is 0 Å². The molecule has 1 heterocycles. The van der Waals surface area contributed by atoms with Crippen molar-refractivity contribution in [3.8, 4) is 0 Å². The molecule has 0 spiro atoms. The molecule has 0 saturated carbocycles. The molecule has 0 saturated heterocycles. The normalized spacial score (nSPS) is 10.5. The average molecular weight is 293 g/mol. The van der Waals surface area contributed by atoms with Crippen molar-refractivity contribution in [2.45, 2.75) is 17.0 Å². The van der Waals surface area contributed by atoms with E-state index in [0.717, 1.165) is 6.07 Å². The lowest BCUT2D eigenvalue weighted by Gasteiger charge is -2.07. The highest BCUT2D eigenvalue weighted by Gasteiger charge is 2.20. The fourth-order valence-electron chi connectivity index (χ4n) is 1.64. The number of nitrogens with zero attached hydrogens (tertiary/aromatic N) is 3. The van der Waals surface area contributed by atoms with Gasteiger partial charge >= 0.3 is 5.97 Å². The van der Waals surface area contributed by atoms with Crippen LogP contribution in [0.3, 0.4) is 0 Å². The molecule has 2 rings (SSSR count). The second-order valence-corrected chi connectivity index (χ2v) is 5.11. The number of aromatic nitrogens is 2. The van der Waals surface area contributed by atoms with E-state index in [1.165, 1.54) is 17.8 Å². The van der Waals surface area contributed by atoms with E-state index in [9.17, 15) is 14.9 Å². The predicted molar refractivity (Wildman–Crippen MR) is 72.1 cm³/mol. The van der Waals surface area contributed by atoms with Crippen LogP contribution in [0.1, 0.15) is 15.9 Å². The summed E-state index contributed by atoms with van der Waals surface area (Å²) in [5.74, 6) is -1.20. The van der Waals surface area contributed by atoms with Crippen LogP contribution >= 0.6 is 11.8 Å². The van der Waals surface area contributed by atoms with Crippen LogP contribution in [-0.4, -0.2) is 25.6 Å². The Morgan fingerprint density at radius 2 is 2.20 bits per heavy atom.